The minimum Gasteiger partial charge on any atom is -0.462 e. The number of hydrogen-bond donors (Lipinski definition) is 2. The van der Waals surface area contributed by atoms with Gasteiger partial charge in [0.2, 0.25) is 0 Å². The molecule has 1 fully saturated rings. The molecule has 3 aliphatic rings. The van der Waals surface area contributed by atoms with Crippen molar-refractivity contribution in [2.75, 3.05) is 26.4 Å². The number of carbonyl (C=O) groups excluding carboxylic acids is 4. The quantitative estimate of drug-likeness (QED) is 0.0895. The Hall–Kier alpha value is -3.56. The first kappa shape index (κ1) is 36.9. The summed E-state index contributed by atoms with van der Waals surface area (Å²) in [5.74, 6) is -2.66. The van der Waals surface area contributed by atoms with Gasteiger partial charge in [-0.3, -0.25) is 0 Å². The molecule has 0 aliphatic heterocycles. The zero-order valence-corrected chi connectivity index (χ0v) is 29.1. The Labute approximate surface area is 274 Å². The van der Waals surface area contributed by atoms with Crippen LogP contribution in [0.4, 0.5) is 0 Å². The van der Waals surface area contributed by atoms with E-state index < -0.39 is 23.9 Å². The summed E-state index contributed by atoms with van der Waals surface area (Å²) in [5.41, 5.74) is 2.66. The van der Waals surface area contributed by atoms with Crippen LogP contribution in [-0.4, -0.2) is 62.4 Å². The summed E-state index contributed by atoms with van der Waals surface area (Å²) < 4.78 is 21.0. The summed E-state index contributed by atoms with van der Waals surface area (Å²) in [5, 5.41) is 7.55. The predicted octanol–water partition coefficient (Wildman–Crippen LogP) is 5.73. The lowest BCUT2D eigenvalue weighted by Gasteiger charge is -2.40. The van der Waals surface area contributed by atoms with E-state index in [1.807, 2.05) is 12.2 Å². The highest BCUT2D eigenvalue weighted by atomic mass is 16.6. The van der Waals surface area contributed by atoms with Gasteiger partial charge < -0.3 is 29.6 Å². The summed E-state index contributed by atoms with van der Waals surface area (Å²) in [6.07, 6.45) is 10.4. The molecule has 10 heteroatoms. The molecule has 3 aliphatic carbocycles. The molecule has 0 radical (unpaired) electrons. The standard InChI is InChI=1S/C36H54N2O8/c1-9-43-31(39)29(32(40)44-10-2)23-17-25(21-35(5,6)19-23)37-27-15-13-14-16-28(27)38-26-18-24(20-36(7,8)22-26)30(33(41)45-11-3)34(42)46-12-4/h17-18,27-28,37-38H,9-16,19-22H2,1-8H3. The summed E-state index contributed by atoms with van der Waals surface area (Å²) in [6, 6.07) is 0.161. The van der Waals surface area contributed by atoms with Crippen LogP contribution in [0.25, 0.3) is 0 Å². The minimum atomic E-state index is -0.665. The Morgan fingerprint density at radius 2 is 0.891 bits per heavy atom. The van der Waals surface area contributed by atoms with Crippen molar-refractivity contribution in [3.8, 4) is 0 Å². The SMILES string of the molecule is CCOC(=O)C(C(=O)OCC)=C1C=C(NC2CCCCC2NC2=CC(=C(C(=O)OCC)C(=O)OCC)CC(C)(C)C2)CC(C)(C)C1. The summed E-state index contributed by atoms with van der Waals surface area (Å²) in [7, 11) is 0. The number of carbonyl (C=O) groups is 4. The molecule has 10 nitrogen and oxygen atoms in total. The van der Waals surface area contributed by atoms with Gasteiger partial charge in [0, 0.05) is 23.5 Å². The van der Waals surface area contributed by atoms with Crippen LogP contribution in [0, 0.1) is 10.8 Å². The lowest BCUT2D eigenvalue weighted by molar-refractivity contribution is -0.148. The first-order valence-electron chi connectivity index (χ1n) is 16.8. The van der Waals surface area contributed by atoms with E-state index >= 15 is 0 Å². The van der Waals surface area contributed by atoms with E-state index in [0.29, 0.717) is 24.0 Å². The van der Waals surface area contributed by atoms with Crippen LogP contribution >= 0.6 is 0 Å². The highest BCUT2D eigenvalue weighted by molar-refractivity contribution is 6.15. The molecule has 2 unspecified atom stereocenters. The first-order chi connectivity index (χ1) is 21.7. The Balaban J connectivity index is 1.97. The molecule has 256 valence electrons. The van der Waals surface area contributed by atoms with E-state index in [0.717, 1.165) is 49.9 Å². The molecule has 2 atom stereocenters. The van der Waals surface area contributed by atoms with E-state index in [-0.39, 0.29) is 60.5 Å². The number of allylic oxidation sites excluding steroid dienone is 6. The first-order valence-corrected chi connectivity index (χ1v) is 16.8. The van der Waals surface area contributed by atoms with Gasteiger partial charge in [-0.05, 0) is 100 Å². The fraction of sp³-hybridized carbons (Fsp3) is 0.667. The Morgan fingerprint density at radius 1 is 0.587 bits per heavy atom. The van der Waals surface area contributed by atoms with Gasteiger partial charge in [0.1, 0.15) is 11.1 Å². The molecule has 0 saturated heterocycles. The van der Waals surface area contributed by atoms with E-state index in [1.54, 1.807) is 27.7 Å². The van der Waals surface area contributed by atoms with Gasteiger partial charge in [-0.1, -0.05) is 40.5 Å². The van der Waals surface area contributed by atoms with Crippen LogP contribution in [0.5, 0.6) is 0 Å². The molecule has 0 aromatic rings. The fourth-order valence-electron chi connectivity index (χ4n) is 6.78. The number of ether oxygens (including phenoxy) is 4. The Morgan fingerprint density at radius 3 is 1.17 bits per heavy atom. The van der Waals surface area contributed by atoms with Crippen LogP contribution in [0.15, 0.2) is 45.8 Å². The molecular formula is C36H54N2O8. The maximum Gasteiger partial charge on any atom is 0.345 e. The zero-order chi connectivity index (χ0) is 34.1. The van der Waals surface area contributed by atoms with E-state index in [1.165, 1.54) is 0 Å². The van der Waals surface area contributed by atoms with Gasteiger partial charge >= 0.3 is 23.9 Å². The van der Waals surface area contributed by atoms with E-state index in [9.17, 15) is 19.2 Å². The largest absolute Gasteiger partial charge is 0.462 e. The summed E-state index contributed by atoms with van der Waals surface area (Å²) in [4.78, 5) is 51.7. The molecule has 0 heterocycles. The molecule has 0 spiro atoms. The zero-order valence-electron chi connectivity index (χ0n) is 29.1. The minimum absolute atomic E-state index is 0.0398. The van der Waals surface area contributed by atoms with Crippen LogP contribution in [-0.2, 0) is 38.1 Å². The van der Waals surface area contributed by atoms with Gasteiger partial charge in [-0.25, -0.2) is 19.2 Å². The van der Waals surface area contributed by atoms with Crippen molar-refractivity contribution in [1.82, 2.24) is 10.6 Å². The average Bonchev–Trinajstić information content (AvgIpc) is 2.93. The lowest BCUT2D eigenvalue weighted by atomic mass is 9.75. The molecule has 0 aromatic carbocycles. The summed E-state index contributed by atoms with van der Waals surface area (Å²) in [6.45, 7) is 16.0. The van der Waals surface area contributed by atoms with Gasteiger partial charge in [-0.15, -0.1) is 0 Å². The van der Waals surface area contributed by atoms with Crippen LogP contribution in [0.3, 0.4) is 0 Å². The van der Waals surface area contributed by atoms with E-state index in [2.05, 4.69) is 38.3 Å². The third kappa shape index (κ3) is 9.97. The van der Waals surface area contributed by atoms with Crippen LogP contribution in [0.2, 0.25) is 0 Å². The second-order valence-corrected chi connectivity index (χ2v) is 13.8. The fourth-order valence-corrected chi connectivity index (χ4v) is 6.78. The van der Waals surface area contributed by atoms with Crippen molar-refractivity contribution in [2.45, 2.75) is 119 Å². The molecule has 0 aromatic heterocycles. The van der Waals surface area contributed by atoms with Crippen molar-refractivity contribution in [3.05, 3.63) is 45.8 Å². The molecular weight excluding hydrogens is 588 g/mol. The molecule has 2 N–H and O–H groups in total. The Bertz CT molecular complexity index is 1150. The number of nitrogens with one attached hydrogen (secondary N) is 2. The number of hydrogen-bond acceptors (Lipinski definition) is 10. The monoisotopic (exact) mass is 642 g/mol. The second-order valence-electron chi connectivity index (χ2n) is 13.8. The predicted molar refractivity (Wildman–Crippen MR) is 175 cm³/mol. The lowest BCUT2D eigenvalue weighted by Crippen LogP contribution is -2.50. The van der Waals surface area contributed by atoms with Gasteiger partial charge in [0.15, 0.2) is 0 Å². The van der Waals surface area contributed by atoms with Crippen molar-refractivity contribution in [2.24, 2.45) is 10.8 Å². The van der Waals surface area contributed by atoms with Crippen molar-refractivity contribution in [3.63, 3.8) is 0 Å². The topological polar surface area (TPSA) is 129 Å². The second kappa shape index (κ2) is 16.3. The van der Waals surface area contributed by atoms with Gasteiger partial charge in [-0.2, -0.15) is 0 Å². The third-order valence-corrected chi connectivity index (χ3v) is 8.44. The van der Waals surface area contributed by atoms with E-state index in [4.69, 9.17) is 18.9 Å². The average molecular weight is 643 g/mol. The third-order valence-electron chi connectivity index (χ3n) is 8.44. The maximum atomic E-state index is 12.9. The highest BCUT2D eigenvalue weighted by Crippen LogP contribution is 2.41. The highest BCUT2D eigenvalue weighted by Gasteiger charge is 2.37. The normalized spacial score (nSPS) is 22.0. The van der Waals surface area contributed by atoms with Crippen molar-refractivity contribution in [1.29, 1.82) is 0 Å². The van der Waals surface area contributed by atoms with Gasteiger partial charge in [0.25, 0.3) is 0 Å². The molecule has 1 saturated carbocycles. The molecule has 0 amide bonds. The van der Waals surface area contributed by atoms with Crippen molar-refractivity contribution < 1.29 is 38.1 Å². The van der Waals surface area contributed by atoms with Gasteiger partial charge in [0.05, 0.1) is 26.4 Å². The van der Waals surface area contributed by atoms with Crippen LogP contribution < -0.4 is 10.6 Å². The van der Waals surface area contributed by atoms with Crippen molar-refractivity contribution >= 4 is 23.9 Å². The molecule has 3 rings (SSSR count). The Kier molecular flexibility index (Phi) is 13.1. The molecule has 0 bridgehead atoms. The smallest absolute Gasteiger partial charge is 0.345 e. The number of rotatable bonds is 12. The van der Waals surface area contributed by atoms with Crippen LogP contribution in [0.1, 0.15) is 107 Å². The summed E-state index contributed by atoms with van der Waals surface area (Å²) >= 11 is 0. The number of esters is 4. The molecule has 46 heavy (non-hydrogen) atoms. The maximum absolute atomic E-state index is 12.9.